The van der Waals surface area contributed by atoms with E-state index in [1.165, 1.54) is 5.56 Å². The molecule has 0 radical (unpaired) electrons. The molecule has 0 fully saturated rings. The molecule has 1 heteroatoms. The fourth-order valence-electron chi connectivity index (χ4n) is 1.28. The van der Waals surface area contributed by atoms with Gasteiger partial charge in [-0.25, -0.2) is 0 Å². The molecule has 0 saturated heterocycles. The van der Waals surface area contributed by atoms with Gasteiger partial charge in [0.1, 0.15) is 5.75 Å². The summed E-state index contributed by atoms with van der Waals surface area (Å²) in [5.41, 5.74) is 2.29. The second-order valence-electron chi connectivity index (χ2n) is 2.91. The zero-order valence-corrected chi connectivity index (χ0v) is 7.14. The lowest BCUT2D eigenvalue weighted by Gasteiger charge is -2.00. The Morgan fingerprint density at radius 1 is 0.643 bits per heavy atom. The summed E-state index contributed by atoms with van der Waals surface area (Å²) in [6, 6.07) is 17.3. The van der Waals surface area contributed by atoms with Crippen LogP contribution in [0.1, 0.15) is 7.43 Å². The predicted octanol–water partition coefficient (Wildman–Crippen LogP) is 3.70. The zero-order chi connectivity index (χ0) is 9.10. The highest BCUT2D eigenvalue weighted by Crippen LogP contribution is 2.20. The van der Waals surface area contributed by atoms with E-state index in [4.69, 9.17) is 5.11 Å². The minimum Gasteiger partial charge on any atom is -0.508 e. The van der Waals surface area contributed by atoms with Crippen LogP contribution >= 0.6 is 0 Å². The summed E-state index contributed by atoms with van der Waals surface area (Å²) in [7, 11) is 0. The van der Waals surface area contributed by atoms with Gasteiger partial charge in [0, 0.05) is 0 Å². The molecule has 14 heavy (non-hydrogen) atoms. The van der Waals surface area contributed by atoms with Crippen molar-refractivity contribution in [3.05, 3.63) is 54.6 Å². The SMILES string of the molecule is C.Oc1ccc(-c2ccccc2)cc1. The molecule has 2 aromatic rings. The minimum atomic E-state index is 0. The normalized spacial score (nSPS) is 9.14. The lowest BCUT2D eigenvalue weighted by atomic mass is 10.1. The summed E-state index contributed by atoms with van der Waals surface area (Å²) in [6.45, 7) is 0. The summed E-state index contributed by atoms with van der Waals surface area (Å²) >= 11 is 0. The van der Waals surface area contributed by atoms with Crippen molar-refractivity contribution in [2.75, 3.05) is 0 Å². The third kappa shape index (κ3) is 2.13. The van der Waals surface area contributed by atoms with E-state index in [9.17, 15) is 0 Å². The average Bonchev–Trinajstić information content (AvgIpc) is 2.20. The largest absolute Gasteiger partial charge is 0.508 e. The van der Waals surface area contributed by atoms with Crippen molar-refractivity contribution >= 4 is 0 Å². The van der Waals surface area contributed by atoms with Crippen molar-refractivity contribution < 1.29 is 5.11 Å². The molecule has 0 spiro atoms. The first-order valence-electron chi connectivity index (χ1n) is 4.21. The highest BCUT2D eigenvalue weighted by Gasteiger charge is 1.94. The molecule has 2 aromatic carbocycles. The van der Waals surface area contributed by atoms with Crippen LogP contribution in [0.5, 0.6) is 5.75 Å². The molecule has 72 valence electrons. The molecule has 0 aliphatic carbocycles. The maximum atomic E-state index is 9.10. The molecule has 1 nitrogen and oxygen atoms in total. The maximum absolute atomic E-state index is 9.10. The Balaban J connectivity index is 0.000000980. The van der Waals surface area contributed by atoms with Gasteiger partial charge in [-0.3, -0.25) is 0 Å². The maximum Gasteiger partial charge on any atom is 0.115 e. The summed E-state index contributed by atoms with van der Waals surface area (Å²) in [4.78, 5) is 0. The minimum absolute atomic E-state index is 0. The fourth-order valence-corrected chi connectivity index (χ4v) is 1.28. The topological polar surface area (TPSA) is 20.2 Å². The number of aromatic hydroxyl groups is 1. The molecule has 0 saturated carbocycles. The molecule has 0 unspecified atom stereocenters. The monoisotopic (exact) mass is 186 g/mol. The standard InChI is InChI=1S/C12H10O.CH4/c13-12-8-6-11(7-9-12)10-4-2-1-3-5-10;/h1-9,13H;1H4. The Kier molecular flexibility index (Phi) is 3.29. The lowest BCUT2D eigenvalue weighted by molar-refractivity contribution is 0.475. The van der Waals surface area contributed by atoms with Gasteiger partial charge in [0.2, 0.25) is 0 Å². The van der Waals surface area contributed by atoms with Gasteiger partial charge >= 0.3 is 0 Å². The molecule has 0 aromatic heterocycles. The van der Waals surface area contributed by atoms with E-state index in [0.29, 0.717) is 5.75 Å². The summed E-state index contributed by atoms with van der Waals surface area (Å²) in [6.07, 6.45) is 0. The van der Waals surface area contributed by atoms with Crippen LogP contribution in [0.25, 0.3) is 11.1 Å². The Bertz CT molecular complexity index is 376. The molecular formula is C13H14O. The third-order valence-electron chi connectivity index (χ3n) is 1.97. The molecule has 0 aliphatic heterocycles. The molecular weight excluding hydrogens is 172 g/mol. The second kappa shape index (κ2) is 4.47. The molecule has 0 heterocycles. The molecule has 0 amide bonds. The van der Waals surface area contributed by atoms with E-state index in [-0.39, 0.29) is 7.43 Å². The van der Waals surface area contributed by atoms with Gasteiger partial charge in [-0.15, -0.1) is 0 Å². The van der Waals surface area contributed by atoms with Crippen molar-refractivity contribution in [2.24, 2.45) is 0 Å². The van der Waals surface area contributed by atoms with Crippen LogP contribution < -0.4 is 0 Å². The predicted molar refractivity (Wildman–Crippen MR) is 60.3 cm³/mol. The van der Waals surface area contributed by atoms with E-state index in [1.54, 1.807) is 12.1 Å². The molecule has 0 aliphatic rings. The molecule has 0 bridgehead atoms. The van der Waals surface area contributed by atoms with Gasteiger partial charge in [-0.05, 0) is 23.3 Å². The summed E-state index contributed by atoms with van der Waals surface area (Å²) in [5, 5.41) is 9.10. The van der Waals surface area contributed by atoms with E-state index in [0.717, 1.165) is 5.56 Å². The first-order chi connectivity index (χ1) is 6.36. The smallest absolute Gasteiger partial charge is 0.115 e. The van der Waals surface area contributed by atoms with Crippen LogP contribution in [0, 0.1) is 0 Å². The highest BCUT2D eigenvalue weighted by atomic mass is 16.3. The third-order valence-corrected chi connectivity index (χ3v) is 1.97. The van der Waals surface area contributed by atoms with Gasteiger partial charge in [-0.2, -0.15) is 0 Å². The Labute approximate surface area is 84.7 Å². The molecule has 1 N–H and O–H groups in total. The van der Waals surface area contributed by atoms with Crippen molar-refractivity contribution in [1.82, 2.24) is 0 Å². The fraction of sp³-hybridized carbons (Fsp3) is 0.0769. The molecule has 2 rings (SSSR count). The quantitative estimate of drug-likeness (QED) is 0.720. The highest BCUT2D eigenvalue weighted by molar-refractivity contribution is 5.63. The summed E-state index contributed by atoms with van der Waals surface area (Å²) in [5.74, 6) is 0.305. The number of rotatable bonds is 1. The van der Waals surface area contributed by atoms with Crippen molar-refractivity contribution in [1.29, 1.82) is 0 Å². The van der Waals surface area contributed by atoms with Crippen LogP contribution in [0.15, 0.2) is 54.6 Å². The van der Waals surface area contributed by atoms with E-state index in [1.807, 2.05) is 42.5 Å². The van der Waals surface area contributed by atoms with Crippen LogP contribution in [-0.4, -0.2) is 5.11 Å². The first-order valence-corrected chi connectivity index (χ1v) is 4.21. The van der Waals surface area contributed by atoms with E-state index in [2.05, 4.69) is 0 Å². The van der Waals surface area contributed by atoms with Gasteiger partial charge in [0.25, 0.3) is 0 Å². The zero-order valence-electron chi connectivity index (χ0n) is 7.14. The number of hydrogen-bond donors (Lipinski definition) is 1. The van der Waals surface area contributed by atoms with Gasteiger partial charge in [0.15, 0.2) is 0 Å². The van der Waals surface area contributed by atoms with Crippen LogP contribution in [0.2, 0.25) is 0 Å². The van der Waals surface area contributed by atoms with Gasteiger partial charge in [-0.1, -0.05) is 49.9 Å². The van der Waals surface area contributed by atoms with Crippen molar-refractivity contribution in [3.8, 4) is 16.9 Å². The van der Waals surface area contributed by atoms with E-state index < -0.39 is 0 Å². The van der Waals surface area contributed by atoms with E-state index >= 15 is 0 Å². The van der Waals surface area contributed by atoms with Crippen LogP contribution in [0.4, 0.5) is 0 Å². The average molecular weight is 186 g/mol. The molecule has 0 atom stereocenters. The van der Waals surface area contributed by atoms with Gasteiger partial charge < -0.3 is 5.11 Å². The second-order valence-corrected chi connectivity index (χ2v) is 2.91. The number of phenols is 1. The lowest BCUT2D eigenvalue weighted by Crippen LogP contribution is -1.74. The summed E-state index contributed by atoms with van der Waals surface area (Å²) < 4.78 is 0. The Morgan fingerprint density at radius 3 is 1.71 bits per heavy atom. The van der Waals surface area contributed by atoms with Crippen LogP contribution in [0.3, 0.4) is 0 Å². The first kappa shape index (κ1) is 10.3. The van der Waals surface area contributed by atoms with Crippen molar-refractivity contribution in [2.45, 2.75) is 7.43 Å². The van der Waals surface area contributed by atoms with Gasteiger partial charge in [0.05, 0.1) is 0 Å². The number of phenolic OH excluding ortho intramolecular Hbond substituents is 1. The number of hydrogen-bond acceptors (Lipinski definition) is 1. The number of benzene rings is 2. The van der Waals surface area contributed by atoms with Crippen molar-refractivity contribution in [3.63, 3.8) is 0 Å². The Hall–Kier alpha value is -1.76. The van der Waals surface area contributed by atoms with Crippen LogP contribution in [-0.2, 0) is 0 Å². The Morgan fingerprint density at radius 2 is 1.14 bits per heavy atom.